The number of amides is 2. The van der Waals surface area contributed by atoms with Gasteiger partial charge in [-0.05, 0) is 53.4 Å². The molecule has 3 heterocycles. The second-order valence-electron chi connectivity index (χ2n) is 8.04. The molecule has 178 valence electrons. The predicted molar refractivity (Wildman–Crippen MR) is 139 cm³/mol. The smallest absolute Gasteiger partial charge is 0.274 e. The summed E-state index contributed by atoms with van der Waals surface area (Å²) in [5, 5.41) is 4.60. The van der Waals surface area contributed by atoms with Gasteiger partial charge in [-0.3, -0.25) is 19.4 Å². The normalized spacial score (nSPS) is 10.8. The number of hydrogen-bond acceptors (Lipinski definition) is 6. The van der Waals surface area contributed by atoms with Crippen LogP contribution in [0, 0.1) is 0 Å². The van der Waals surface area contributed by atoms with Crippen LogP contribution in [0.3, 0.4) is 0 Å². The fourth-order valence-electron chi connectivity index (χ4n) is 3.75. The van der Waals surface area contributed by atoms with Gasteiger partial charge in [0.2, 0.25) is 0 Å². The Balaban J connectivity index is 1.38. The number of aromatic amines is 1. The minimum absolute atomic E-state index is 0.132. The molecular formula is C27H21N5O3S. The molecule has 0 saturated carbocycles. The second-order valence-corrected chi connectivity index (χ2v) is 8.96. The summed E-state index contributed by atoms with van der Waals surface area (Å²) in [4.78, 5) is 51.3. The van der Waals surface area contributed by atoms with E-state index in [1.807, 2.05) is 35.7 Å². The number of thiophene rings is 1. The maximum absolute atomic E-state index is 13.5. The van der Waals surface area contributed by atoms with Crippen molar-refractivity contribution in [1.29, 1.82) is 0 Å². The molecule has 0 aliphatic rings. The molecule has 9 heteroatoms. The van der Waals surface area contributed by atoms with Crippen LogP contribution in [0.15, 0.2) is 95.2 Å². The summed E-state index contributed by atoms with van der Waals surface area (Å²) in [6.07, 6.45) is 1.55. The summed E-state index contributed by atoms with van der Waals surface area (Å²) in [6, 6.07) is 23.2. The summed E-state index contributed by atoms with van der Waals surface area (Å²) in [5.74, 6) is -0.150. The maximum Gasteiger partial charge on any atom is 0.274 e. The van der Waals surface area contributed by atoms with E-state index in [4.69, 9.17) is 0 Å². The number of rotatable bonds is 7. The third kappa shape index (κ3) is 5.21. The molecule has 0 aliphatic heterocycles. The third-order valence-corrected chi connectivity index (χ3v) is 6.40. The molecule has 3 aromatic heterocycles. The van der Waals surface area contributed by atoms with Gasteiger partial charge in [0.05, 0.1) is 12.1 Å². The van der Waals surface area contributed by atoms with Gasteiger partial charge in [0.25, 0.3) is 17.4 Å². The van der Waals surface area contributed by atoms with E-state index >= 15 is 0 Å². The number of anilines is 1. The Morgan fingerprint density at radius 3 is 2.44 bits per heavy atom. The lowest BCUT2D eigenvalue weighted by Gasteiger charge is -2.23. The molecule has 0 fully saturated rings. The van der Waals surface area contributed by atoms with Crippen molar-refractivity contribution in [2.45, 2.75) is 13.1 Å². The van der Waals surface area contributed by atoms with Gasteiger partial charge in [0, 0.05) is 24.0 Å². The third-order valence-electron chi connectivity index (χ3n) is 5.50. The highest BCUT2D eigenvalue weighted by Gasteiger charge is 2.19. The van der Waals surface area contributed by atoms with Crippen molar-refractivity contribution in [3.63, 3.8) is 0 Å². The van der Waals surface area contributed by atoms with Crippen LogP contribution >= 0.6 is 11.3 Å². The molecule has 0 radical (unpaired) electrons. The predicted octanol–water partition coefficient (Wildman–Crippen LogP) is 4.47. The number of carbonyl (C=O) groups is 2. The van der Waals surface area contributed by atoms with E-state index in [0.29, 0.717) is 39.5 Å². The zero-order valence-corrected chi connectivity index (χ0v) is 19.9. The van der Waals surface area contributed by atoms with Crippen LogP contribution in [0.25, 0.3) is 10.2 Å². The Labute approximate surface area is 210 Å². The van der Waals surface area contributed by atoms with E-state index in [1.54, 1.807) is 59.6 Å². The van der Waals surface area contributed by atoms with Crippen LogP contribution in [0.1, 0.15) is 32.2 Å². The molecule has 8 nitrogen and oxygen atoms in total. The van der Waals surface area contributed by atoms with E-state index in [9.17, 15) is 14.4 Å². The SMILES string of the molecule is O=C(Nc1ccc(C(=O)N(Cc2ccccc2)Cc2nc3ccsc3c(=O)[nH]2)cc1)c1ccccn1. The molecule has 0 unspecified atom stereocenters. The molecule has 0 spiro atoms. The first-order chi connectivity index (χ1) is 17.6. The molecule has 0 saturated heterocycles. The first-order valence-electron chi connectivity index (χ1n) is 11.2. The van der Waals surface area contributed by atoms with E-state index < -0.39 is 0 Å². The van der Waals surface area contributed by atoms with E-state index in [-0.39, 0.29) is 23.9 Å². The van der Waals surface area contributed by atoms with Crippen molar-refractivity contribution >= 4 is 39.1 Å². The van der Waals surface area contributed by atoms with Gasteiger partial charge in [0.1, 0.15) is 16.2 Å². The van der Waals surface area contributed by atoms with Gasteiger partial charge in [0.15, 0.2) is 0 Å². The monoisotopic (exact) mass is 495 g/mol. The summed E-state index contributed by atoms with van der Waals surface area (Å²) < 4.78 is 0.558. The quantitative estimate of drug-likeness (QED) is 0.346. The average Bonchev–Trinajstić information content (AvgIpc) is 3.39. The van der Waals surface area contributed by atoms with Crippen LogP contribution < -0.4 is 10.9 Å². The Morgan fingerprint density at radius 2 is 1.69 bits per heavy atom. The van der Waals surface area contributed by atoms with Gasteiger partial charge >= 0.3 is 0 Å². The lowest BCUT2D eigenvalue weighted by atomic mass is 10.1. The van der Waals surface area contributed by atoms with Gasteiger partial charge in [-0.1, -0.05) is 36.4 Å². The molecule has 2 aromatic carbocycles. The molecule has 5 aromatic rings. The largest absolute Gasteiger partial charge is 0.327 e. The van der Waals surface area contributed by atoms with Crippen molar-refractivity contribution in [2.24, 2.45) is 0 Å². The van der Waals surface area contributed by atoms with Crippen molar-refractivity contribution in [2.75, 3.05) is 5.32 Å². The van der Waals surface area contributed by atoms with Crippen LogP contribution in [-0.2, 0) is 13.1 Å². The highest BCUT2D eigenvalue weighted by molar-refractivity contribution is 7.17. The summed E-state index contributed by atoms with van der Waals surface area (Å²) >= 11 is 1.33. The molecule has 0 aliphatic carbocycles. The number of pyridine rings is 1. The maximum atomic E-state index is 13.5. The number of hydrogen-bond donors (Lipinski definition) is 2. The first kappa shape index (κ1) is 23.1. The van der Waals surface area contributed by atoms with Crippen LogP contribution in [0.4, 0.5) is 5.69 Å². The van der Waals surface area contributed by atoms with Crippen molar-refractivity contribution in [1.82, 2.24) is 19.9 Å². The summed E-state index contributed by atoms with van der Waals surface area (Å²) in [7, 11) is 0. The highest BCUT2D eigenvalue weighted by Crippen LogP contribution is 2.18. The van der Waals surface area contributed by atoms with Crippen LogP contribution in [-0.4, -0.2) is 31.7 Å². The van der Waals surface area contributed by atoms with Crippen molar-refractivity contribution in [3.05, 3.63) is 123 Å². The summed E-state index contributed by atoms with van der Waals surface area (Å²) in [5.41, 5.74) is 2.63. The lowest BCUT2D eigenvalue weighted by molar-refractivity contribution is 0.0725. The Bertz CT molecular complexity index is 1560. The Kier molecular flexibility index (Phi) is 6.63. The Morgan fingerprint density at radius 1 is 0.917 bits per heavy atom. The van der Waals surface area contributed by atoms with Crippen LogP contribution in [0.5, 0.6) is 0 Å². The highest BCUT2D eigenvalue weighted by atomic mass is 32.1. The van der Waals surface area contributed by atoms with Crippen LogP contribution in [0.2, 0.25) is 0 Å². The van der Waals surface area contributed by atoms with Crippen molar-refractivity contribution < 1.29 is 9.59 Å². The van der Waals surface area contributed by atoms with Gasteiger partial charge in [-0.15, -0.1) is 11.3 Å². The van der Waals surface area contributed by atoms with Gasteiger partial charge in [-0.2, -0.15) is 0 Å². The lowest BCUT2D eigenvalue weighted by Crippen LogP contribution is -2.31. The molecule has 2 amide bonds. The van der Waals surface area contributed by atoms with E-state index in [0.717, 1.165) is 5.56 Å². The topological polar surface area (TPSA) is 108 Å². The Hall–Kier alpha value is -4.63. The standard InChI is InChI=1S/C27H21N5O3S/c33-25(22-8-4-5-14-28-22)29-20-11-9-19(10-12-20)27(35)32(16-18-6-2-1-3-7-18)17-23-30-21-13-15-36-24(21)26(34)31-23/h1-15H,16-17H2,(H,29,33)(H,30,31,34). The zero-order chi connectivity index (χ0) is 24.9. The number of fused-ring (bicyclic) bond motifs is 1. The van der Waals surface area contributed by atoms with Crippen molar-refractivity contribution in [3.8, 4) is 0 Å². The number of nitrogens with zero attached hydrogens (tertiary/aromatic N) is 3. The van der Waals surface area contributed by atoms with E-state index in [2.05, 4.69) is 20.3 Å². The fraction of sp³-hybridized carbons (Fsp3) is 0.0741. The summed E-state index contributed by atoms with van der Waals surface area (Å²) in [6.45, 7) is 0.468. The minimum Gasteiger partial charge on any atom is -0.327 e. The van der Waals surface area contributed by atoms with E-state index in [1.165, 1.54) is 11.3 Å². The molecule has 2 N–H and O–H groups in total. The number of aromatic nitrogens is 3. The number of H-pyrrole nitrogens is 1. The van der Waals surface area contributed by atoms with Gasteiger partial charge < -0.3 is 15.2 Å². The van der Waals surface area contributed by atoms with Gasteiger partial charge in [-0.25, -0.2) is 4.98 Å². The zero-order valence-electron chi connectivity index (χ0n) is 19.0. The molecule has 0 bridgehead atoms. The first-order valence-corrected chi connectivity index (χ1v) is 12.1. The molecular weight excluding hydrogens is 474 g/mol. The number of carbonyl (C=O) groups excluding carboxylic acids is 2. The average molecular weight is 496 g/mol. The fourth-order valence-corrected chi connectivity index (χ4v) is 4.48. The minimum atomic E-state index is -0.334. The second kappa shape index (κ2) is 10.3. The molecule has 5 rings (SSSR count). The number of nitrogens with one attached hydrogen (secondary N) is 2. The molecule has 0 atom stereocenters. The molecule has 36 heavy (non-hydrogen) atoms. The number of benzene rings is 2.